The van der Waals surface area contributed by atoms with E-state index in [1.54, 1.807) is 20.8 Å². The van der Waals surface area contributed by atoms with Gasteiger partial charge in [-0.05, 0) is 30.1 Å². The topological polar surface area (TPSA) is 34.1 Å². The Bertz CT molecular complexity index is 176. The van der Waals surface area contributed by atoms with Crippen molar-refractivity contribution >= 4 is 46.1 Å². The molecule has 0 saturated carbocycles. The molecular weight excluding hydrogens is 234 g/mol. The predicted octanol–water partition coefficient (Wildman–Crippen LogP) is 3.16. The van der Waals surface area contributed by atoms with Gasteiger partial charge >= 0.3 is 0 Å². The van der Waals surface area contributed by atoms with E-state index in [2.05, 4.69) is 6.58 Å². The Labute approximate surface area is 94.7 Å². The Morgan fingerprint density at radius 2 is 1.38 bits per heavy atom. The summed E-state index contributed by atoms with van der Waals surface area (Å²) in [4.78, 5) is 19.7. The molecule has 0 aliphatic carbocycles. The molecule has 0 aliphatic heterocycles. The van der Waals surface area contributed by atoms with E-state index in [0.29, 0.717) is 5.57 Å². The van der Waals surface area contributed by atoms with Crippen LogP contribution in [0.25, 0.3) is 0 Å². The summed E-state index contributed by atoms with van der Waals surface area (Å²) in [5.41, 5.74) is 0.386. The Hall–Kier alpha value is -0.0500. The monoisotopic (exact) mass is 246 g/mol. The highest BCUT2D eigenvalue weighted by atomic mass is 35.5. The highest BCUT2D eigenvalue weighted by molar-refractivity contribution is 6.67. The molecule has 0 unspecified atom stereocenters. The lowest BCUT2D eigenvalue weighted by molar-refractivity contribution is -0.114. The van der Waals surface area contributed by atoms with Crippen LogP contribution in [0.15, 0.2) is 12.2 Å². The average molecular weight is 248 g/mol. The van der Waals surface area contributed by atoms with Crippen molar-refractivity contribution in [1.29, 1.82) is 0 Å². The van der Waals surface area contributed by atoms with Gasteiger partial charge in [-0.1, -0.05) is 20.4 Å². The Morgan fingerprint density at radius 3 is 1.38 bits per heavy atom. The number of hydrogen-bond acceptors (Lipinski definition) is 2. The van der Waals surface area contributed by atoms with Gasteiger partial charge in [-0.15, -0.1) is 12.4 Å². The van der Waals surface area contributed by atoms with Crippen molar-refractivity contribution in [1.82, 2.24) is 0 Å². The second-order valence-electron chi connectivity index (χ2n) is 2.51. The van der Waals surface area contributed by atoms with Crippen molar-refractivity contribution in [2.75, 3.05) is 0 Å². The van der Waals surface area contributed by atoms with Crippen LogP contribution in [0.1, 0.15) is 20.8 Å². The first-order valence-electron chi connectivity index (χ1n) is 3.33. The van der Waals surface area contributed by atoms with Crippen LogP contribution in [0.4, 0.5) is 0 Å². The van der Waals surface area contributed by atoms with Gasteiger partial charge in [0.05, 0.1) is 0 Å². The molecule has 0 N–H and O–H groups in total. The van der Waals surface area contributed by atoms with Gasteiger partial charge in [-0.3, -0.25) is 9.59 Å². The van der Waals surface area contributed by atoms with Gasteiger partial charge in [0.25, 0.3) is 0 Å². The van der Waals surface area contributed by atoms with E-state index in [4.69, 9.17) is 23.2 Å². The minimum atomic E-state index is -0.463. The lowest BCUT2D eigenvalue weighted by Crippen LogP contribution is -1.95. The fourth-order valence-electron chi connectivity index (χ4n) is 0. The van der Waals surface area contributed by atoms with Gasteiger partial charge in [0.15, 0.2) is 0 Å². The number of allylic oxidation sites excluding steroid dienone is 1. The van der Waals surface area contributed by atoms with Gasteiger partial charge in [0.1, 0.15) is 0 Å². The molecule has 0 spiro atoms. The molecule has 13 heavy (non-hydrogen) atoms. The third kappa shape index (κ3) is 18.7. The molecule has 5 heteroatoms. The normalized spacial score (nSPS) is 7.85. The molecular formula is C8H13Cl3O2. The van der Waals surface area contributed by atoms with Crippen molar-refractivity contribution < 1.29 is 9.59 Å². The maximum atomic E-state index is 9.91. The first kappa shape index (κ1) is 18.7. The second-order valence-corrected chi connectivity index (χ2v) is 3.23. The lowest BCUT2D eigenvalue weighted by Gasteiger charge is -1.88. The highest BCUT2D eigenvalue weighted by Crippen LogP contribution is 1.95. The number of halogens is 3. The summed E-state index contributed by atoms with van der Waals surface area (Å²) in [5, 5.41) is -0.731. The number of carbonyl (C=O) groups is 2. The molecule has 0 atom stereocenters. The van der Waals surface area contributed by atoms with Gasteiger partial charge < -0.3 is 0 Å². The van der Waals surface area contributed by atoms with Crippen LogP contribution in [0.5, 0.6) is 0 Å². The summed E-state index contributed by atoms with van der Waals surface area (Å²) >= 11 is 9.85. The zero-order chi connectivity index (χ0) is 10.3. The lowest BCUT2D eigenvalue weighted by atomic mass is 10.3. The van der Waals surface area contributed by atoms with Crippen molar-refractivity contribution in [3.63, 3.8) is 0 Å². The van der Waals surface area contributed by atoms with Gasteiger partial charge in [0, 0.05) is 11.5 Å². The Morgan fingerprint density at radius 1 is 1.23 bits per heavy atom. The SMILES string of the molecule is C=C(C)C(=O)Cl.CC(C)C(=O)Cl.Cl. The van der Waals surface area contributed by atoms with E-state index in [1.807, 2.05) is 0 Å². The van der Waals surface area contributed by atoms with Gasteiger partial charge in [-0.2, -0.15) is 0 Å². The molecule has 0 heterocycles. The summed E-state index contributed by atoms with van der Waals surface area (Å²) in [6, 6.07) is 0. The van der Waals surface area contributed by atoms with E-state index >= 15 is 0 Å². The molecule has 0 aromatic carbocycles. The van der Waals surface area contributed by atoms with Crippen LogP contribution in [0, 0.1) is 5.92 Å². The van der Waals surface area contributed by atoms with E-state index in [9.17, 15) is 9.59 Å². The maximum absolute atomic E-state index is 9.91. The average Bonchev–Trinajstić information content (AvgIpc) is 1.88. The maximum Gasteiger partial charge on any atom is 0.247 e. The fourth-order valence-corrected chi connectivity index (χ4v) is 0. The zero-order valence-electron chi connectivity index (χ0n) is 7.77. The molecule has 0 aliphatic rings. The van der Waals surface area contributed by atoms with E-state index in [1.165, 1.54) is 0 Å². The van der Waals surface area contributed by atoms with Crippen molar-refractivity contribution in [2.45, 2.75) is 20.8 Å². The quantitative estimate of drug-likeness (QED) is 0.555. The first-order chi connectivity index (χ1) is 5.29. The van der Waals surface area contributed by atoms with Crippen LogP contribution >= 0.6 is 35.6 Å². The van der Waals surface area contributed by atoms with Crippen LogP contribution in [0.3, 0.4) is 0 Å². The molecule has 78 valence electrons. The Balaban J connectivity index is -0.000000143. The summed E-state index contributed by atoms with van der Waals surface area (Å²) in [6.07, 6.45) is 0. The largest absolute Gasteiger partial charge is 0.281 e. The Kier molecular flexibility index (Phi) is 14.4. The summed E-state index contributed by atoms with van der Waals surface area (Å²) < 4.78 is 0. The molecule has 0 aromatic heterocycles. The first-order valence-corrected chi connectivity index (χ1v) is 4.09. The number of rotatable bonds is 2. The highest BCUT2D eigenvalue weighted by Gasteiger charge is 1.98. The second kappa shape index (κ2) is 10.0. The van der Waals surface area contributed by atoms with Crippen molar-refractivity contribution in [2.24, 2.45) is 5.92 Å². The van der Waals surface area contributed by atoms with Gasteiger partial charge in [-0.25, -0.2) is 0 Å². The minimum Gasteiger partial charge on any atom is -0.281 e. The standard InChI is InChI=1S/C4H7ClO.C4H5ClO.ClH/c2*1-3(2)4(5)6;/h3H,1-2H3;1H2,2H3;1H. The predicted molar refractivity (Wildman–Crippen MR) is 58.6 cm³/mol. The van der Waals surface area contributed by atoms with Crippen LogP contribution in [0.2, 0.25) is 0 Å². The molecule has 0 saturated heterocycles. The molecule has 2 nitrogen and oxygen atoms in total. The van der Waals surface area contributed by atoms with Crippen molar-refractivity contribution in [3.8, 4) is 0 Å². The van der Waals surface area contributed by atoms with E-state index in [-0.39, 0.29) is 23.6 Å². The molecule has 0 fully saturated rings. The minimum absolute atomic E-state index is 0. The third-order valence-corrected chi connectivity index (χ3v) is 1.55. The molecule has 0 amide bonds. The molecule has 0 aromatic rings. The number of hydrogen-bond donors (Lipinski definition) is 0. The summed E-state index contributed by atoms with van der Waals surface area (Å²) in [6.45, 7) is 8.36. The van der Waals surface area contributed by atoms with Crippen LogP contribution < -0.4 is 0 Å². The molecule has 0 bridgehead atoms. The van der Waals surface area contributed by atoms with Gasteiger partial charge in [0.2, 0.25) is 10.5 Å². The summed E-state index contributed by atoms with van der Waals surface area (Å²) in [7, 11) is 0. The van der Waals surface area contributed by atoms with E-state index in [0.717, 1.165) is 0 Å². The fraction of sp³-hybridized carbons (Fsp3) is 0.500. The third-order valence-electron chi connectivity index (χ3n) is 0.789. The van der Waals surface area contributed by atoms with Crippen molar-refractivity contribution in [3.05, 3.63) is 12.2 Å². The smallest absolute Gasteiger partial charge is 0.247 e. The number of carbonyl (C=O) groups excluding carboxylic acids is 2. The molecule has 0 radical (unpaired) electrons. The van der Waals surface area contributed by atoms with Crippen LogP contribution in [-0.4, -0.2) is 10.5 Å². The molecule has 0 rings (SSSR count). The van der Waals surface area contributed by atoms with E-state index < -0.39 is 5.24 Å². The van der Waals surface area contributed by atoms with Crippen LogP contribution in [-0.2, 0) is 9.59 Å². The summed E-state index contributed by atoms with van der Waals surface area (Å²) in [5.74, 6) is -0.0216. The zero-order valence-corrected chi connectivity index (χ0v) is 10.1.